The van der Waals surface area contributed by atoms with E-state index in [0.29, 0.717) is 41.1 Å². The monoisotopic (exact) mass is 383 g/mol. The Kier molecular flexibility index (Phi) is 5.51. The minimum absolute atomic E-state index is 0.145. The highest BCUT2D eigenvalue weighted by molar-refractivity contribution is 9.10. The van der Waals surface area contributed by atoms with Crippen molar-refractivity contribution < 1.29 is 13.7 Å². The molecule has 2 rings (SSSR count). The Morgan fingerprint density at radius 1 is 1.39 bits per heavy atom. The molecule has 1 heterocycles. The summed E-state index contributed by atoms with van der Waals surface area (Å²) < 4.78 is 18.7. The lowest BCUT2D eigenvalue weighted by Gasteiger charge is -2.10. The Bertz CT molecular complexity index is 695. The number of aromatic nitrogens is 2. The predicted molar refractivity (Wildman–Crippen MR) is 88.7 cm³/mol. The van der Waals surface area contributed by atoms with Gasteiger partial charge in [-0.05, 0) is 40.5 Å². The minimum atomic E-state index is -0.360. The van der Waals surface area contributed by atoms with Gasteiger partial charge in [-0.1, -0.05) is 25.9 Å². The number of nitrogens with one attached hydrogen (secondary N) is 1. The van der Waals surface area contributed by atoms with Crippen molar-refractivity contribution in [2.24, 2.45) is 0 Å². The second kappa shape index (κ2) is 7.21. The maximum Gasteiger partial charge on any atom is 0.226 e. The molecule has 0 radical (unpaired) electrons. The van der Waals surface area contributed by atoms with E-state index in [1.165, 1.54) is 18.2 Å². The molecule has 7 heteroatoms. The zero-order valence-corrected chi connectivity index (χ0v) is 14.9. The molecule has 2 aromatic rings. The van der Waals surface area contributed by atoms with Gasteiger partial charge in [0.2, 0.25) is 11.8 Å². The van der Waals surface area contributed by atoms with Crippen molar-refractivity contribution in [1.82, 2.24) is 10.1 Å². The molecule has 0 spiro atoms. The molecule has 0 aliphatic rings. The number of carbonyl (C=O) groups is 1. The van der Waals surface area contributed by atoms with Crippen molar-refractivity contribution in [1.29, 1.82) is 0 Å². The molecule has 0 bridgehead atoms. The number of rotatable bonds is 5. The summed E-state index contributed by atoms with van der Waals surface area (Å²) in [6.07, 6.45) is 1.45. The average Bonchev–Trinajstić information content (AvgIpc) is 2.91. The molecular weight excluding hydrogens is 365 g/mol. The topological polar surface area (TPSA) is 68.0 Å². The highest BCUT2D eigenvalue weighted by Gasteiger charge is 2.20. The zero-order valence-electron chi connectivity index (χ0n) is 13.3. The van der Waals surface area contributed by atoms with Gasteiger partial charge in [-0.25, -0.2) is 4.39 Å². The number of benzene rings is 1. The zero-order chi connectivity index (χ0) is 17.0. The van der Waals surface area contributed by atoms with Crippen LogP contribution < -0.4 is 5.32 Å². The van der Waals surface area contributed by atoms with Crippen molar-refractivity contribution in [3.8, 4) is 0 Å². The van der Waals surface area contributed by atoms with Gasteiger partial charge in [0.05, 0.1) is 5.69 Å². The Hall–Kier alpha value is -1.76. The Morgan fingerprint density at radius 2 is 2.13 bits per heavy atom. The lowest BCUT2D eigenvalue weighted by molar-refractivity contribution is -0.116. The van der Waals surface area contributed by atoms with Crippen LogP contribution in [0.1, 0.15) is 45.3 Å². The van der Waals surface area contributed by atoms with E-state index in [4.69, 9.17) is 4.52 Å². The number of nitrogens with zero attached hydrogens (tertiary/aromatic N) is 2. The quantitative estimate of drug-likeness (QED) is 0.838. The van der Waals surface area contributed by atoms with Crippen LogP contribution in [0.4, 0.5) is 10.1 Å². The van der Waals surface area contributed by atoms with Crippen LogP contribution in [0.3, 0.4) is 0 Å². The van der Waals surface area contributed by atoms with Crippen LogP contribution in [0, 0.1) is 5.82 Å². The largest absolute Gasteiger partial charge is 0.339 e. The van der Waals surface area contributed by atoms with Crippen molar-refractivity contribution in [3.05, 3.63) is 40.2 Å². The van der Waals surface area contributed by atoms with Crippen LogP contribution in [0.5, 0.6) is 0 Å². The average molecular weight is 384 g/mol. The molecule has 0 aliphatic carbocycles. The van der Waals surface area contributed by atoms with Gasteiger partial charge >= 0.3 is 0 Å². The molecule has 23 heavy (non-hydrogen) atoms. The first-order valence-corrected chi connectivity index (χ1v) is 8.13. The van der Waals surface area contributed by atoms with Gasteiger partial charge in [0.25, 0.3) is 0 Å². The molecule has 0 fully saturated rings. The van der Waals surface area contributed by atoms with Gasteiger partial charge in [0, 0.05) is 22.7 Å². The first-order chi connectivity index (χ1) is 10.8. The molecule has 1 aromatic heterocycles. The van der Waals surface area contributed by atoms with Crippen LogP contribution in [-0.4, -0.2) is 16.0 Å². The fourth-order valence-corrected chi connectivity index (χ4v) is 2.31. The molecule has 5 nitrogen and oxygen atoms in total. The molecule has 1 N–H and O–H groups in total. The summed E-state index contributed by atoms with van der Waals surface area (Å²) in [7, 11) is 0. The second-order valence-corrected chi connectivity index (χ2v) is 7.14. The van der Waals surface area contributed by atoms with Gasteiger partial charge in [0.1, 0.15) is 5.82 Å². The van der Waals surface area contributed by atoms with Crippen LogP contribution in [0.25, 0.3) is 0 Å². The number of anilines is 1. The van der Waals surface area contributed by atoms with E-state index < -0.39 is 0 Å². The lowest BCUT2D eigenvalue weighted by atomic mass is 9.96. The molecular formula is C16H19BrFN3O2. The molecule has 0 aliphatic heterocycles. The fraction of sp³-hybridized carbons (Fsp3) is 0.438. The van der Waals surface area contributed by atoms with Crippen molar-refractivity contribution in [2.75, 3.05) is 5.32 Å². The van der Waals surface area contributed by atoms with E-state index in [-0.39, 0.29) is 17.1 Å². The van der Waals surface area contributed by atoms with E-state index in [1.54, 1.807) is 0 Å². The minimum Gasteiger partial charge on any atom is -0.339 e. The SMILES string of the molecule is CC(C)(C)c1noc(CCCC(=O)Nc2ccc(F)cc2Br)n1. The van der Waals surface area contributed by atoms with E-state index in [1.807, 2.05) is 20.8 Å². The van der Waals surface area contributed by atoms with Crippen LogP contribution in [0.15, 0.2) is 27.2 Å². The number of amides is 1. The second-order valence-electron chi connectivity index (χ2n) is 6.29. The van der Waals surface area contributed by atoms with Crippen LogP contribution in [0.2, 0.25) is 0 Å². The van der Waals surface area contributed by atoms with E-state index >= 15 is 0 Å². The summed E-state index contributed by atoms with van der Waals surface area (Å²) in [6.45, 7) is 6.03. The Balaban J connectivity index is 1.82. The van der Waals surface area contributed by atoms with E-state index in [2.05, 4.69) is 31.4 Å². The first kappa shape index (κ1) is 17.6. The molecule has 124 valence electrons. The summed E-state index contributed by atoms with van der Waals surface area (Å²) in [5.41, 5.74) is 0.387. The van der Waals surface area contributed by atoms with Crippen molar-refractivity contribution >= 4 is 27.5 Å². The summed E-state index contributed by atoms with van der Waals surface area (Å²) in [5.74, 6) is 0.687. The summed E-state index contributed by atoms with van der Waals surface area (Å²) in [4.78, 5) is 16.2. The number of aryl methyl sites for hydroxylation is 1. The summed E-state index contributed by atoms with van der Waals surface area (Å²) in [6, 6.07) is 4.12. The van der Waals surface area contributed by atoms with Crippen molar-refractivity contribution in [3.63, 3.8) is 0 Å². The molecule has 0 saturated carbocycles. The third-order valence-electron chi connectivity index (χ3n) is 3.14. The third-order valence-corrected chi connectivity index (χ3v) is 3.79. The summed E-state index contributed by atoms with van der Waals surface area (Å²) >= 11 is 3.21. The van der Waals surface area contributed by atoms with Crippen molar-refractivity contribution in [2.45, 2.75) is 45.4 Å². The normalized spacial score (nSPS) is 11.5. The smallest absolute Gasteiger partial charge is 0.226 e. The Labute approximate surface area is 142 Å². The molecule has 1 aromatic carbocycles. The lowest BCUT2D eigenvalue weighted by Crippen LogP contribution is -2.13. The van der Waals surface area contributed by atoms with Gasteiger partial charge in [0.15, 0.2) is 5.82 Å². The highest BCUT2D eigenvalue weighted by atomic mass is 79.9. The third kappa shape index (κ3) is 5.13. The van der Waals surface area contributed by atoms with Gasteiger partial charge < -0.3 is 9.84 Å². The number of hydrogen-bond acceptors (Lipinski definition) is 4. The summed E-state index contributed by atoms with van der Waals surface area (Å²) in [5, 5.41) is 6.68. The standard InChI is InChI=1S/C16H19BrFN3O2/c1-16(2,3)15-20-14(23-21-15)6-4-5-13(22)19-12-8-7-10(18)9-11(12)17/h7-9H,4-6H2,1-3H3,(H,19,22). The Morgan fingerprint density at radius 3 is 2.74 bits per heavy atom. The number of hydrogen-bond donors (Lipinski definition) is 1. The fourth-order valence-electron chi connectivity index (χ4n) is 1.86. The molecule has 0 atom stereocenters. The first-order valence-electron chi connectivity index (χ1n) is 7.33. The van der Waals surface area contributed by atoms with E-state index in [0.717, 1.165) is 0 Å². The number of halogens is 2. The molecule has 0 saturated heterocycles. The van der Waals surface area contributed by atoms with Crippen LogP contribution in [-0.2, 0) is 16.6 Å². The highest BCUT2D eigenvalue weighted by Crippen LogP contribution is 2.23. The number of carbonyl (C=O) groups excluding carboxylic acids is 1. The van der Waals surface area contributed by atoms with E-state index in [9.17, 15) is 9.18 Å². The maximum absolute atomic E-state index is 13.0. The maximum atomic E-state index is 13.0. The van der Waals surface area contributed by atoms with Gasteiger partial charge in [-0.15, -0.1) is 0 Å². The molecule has 1 amide bonds. The van der Waals surface area contributed by atoms with Crippen LogP contribution >= 0.6 is 15.9 Å². The molecule has 0 unspecified atom stereocenters. The predicted octanol–water partition coefficient (Wildman–Crippen LogP) is 4.23. The van der Waals surface area contributed by atoms with Gasteiger partial charge in [-0.3, -0.25) is 4.79 Å². The van der Waals surface area contributed by atoms with Gasteiger partial charge in [-0.2, -0.15) is 4.98 Å².